The molecular weight excluding hydrogens is 343 g/mol. The third-order valence-electron chi connectivity index (χ3n) is 4.75. The number of anilines is 3. The highest BCUT2D eigenvalue weighted by molar-refractivity contribution is 5.66. The molecule has 138 valence electrons. The van der Waals surface area contributed by atoms with Crippen molar-refractivity contribution in [1.29, 1.82) is 0 Å². The van der Waals surface area contributed by atoms with Gasteiger partial charge in [0.15, 0.2) is 0 Å². The SMILES string of the molecule is OC(CNc1cc(N2CCCc3cc(F)ccc32)ncn1)c1ccccc1. The van der Waals surface area contributed by atoms with Crippen LogP contribution < -0.4 is 10.2 Å². The van der Waals surface area contributed by atoms with Gasteiger partial charge in [0.25, 0.3) is 0 Å². The van der Waals surface area contributed by atoms with Gasteiger partial charge in [0.1, 0.15) is 23.8 Å². The predicted molar refractivity (Wildman–Crippen MR) is 104 cm³/mol. The molecule has 0 aliphatic carbocycles. The number of benzene rings is 2. The number of hydrogen-bond acceptors (Lipinski definition) is 5. The summed E-state index contributed by atoms with van der Waals surface area (Å²) in [6.45, 7) is 1.17. The van der Waals surface area contributed by atoms with Crippen molar-refractivity contribution in [3.63, 3.8) is 0 Å². The second kappa shape index (κ2) is 7.72. The molecule has 0 bridgehead atoms. The van der Waals surface area contributed by atoms with E-state index in [0.29, 0.717) is 12.4 Å². The van der Waals surface area contributed by atoms with E-state index < -0.39 is 6.10 Å². The van der Waals surface area contributed by atoms with Gasteiger partial charge in [-0.15, -0.1) is 0 Å². The van der Waals surface area contributed by atoms with Crippen LogP contribution >= 0.6 is 0 Å². The fourth-order valence-corrected chi connectivity index (χ4v) is 3.39. The highest BCUT2D eigenvalue weighted by Crippen LogP contribution is 2.33. The first kappa shape index (κ1) is 17.4. The van der Waals surface area contributed by atoms with Crippen LogP contribution in [0.2, 0.25) is 0 Å². The minimum absolute atomic E-state index is 0.212. The maximum absolute atomic E-state index is 13.5. The quantitative estimate of drug-likeness (QED) is 0.720. The van der Waals surface area contributed by atoms with E-state index in [9.17, 15) is 9.50 Å². The number of nitrogens with zero attached hydrogens (tertiary/aromatic N) is 3. The third kappa shape index (κ3) is 3.90. The van der Waals surface area contributed by atoms with Crippen LogP contribution in [0.15, 0.2) is 60.9 Å². The Morgan fingerprint density at radius 3 is 2.81 bits per heavy atom. The molecule has 1 aliphatic heterocycles. The van der Waals surface area contributed by atoms with Crippen molar-refractivity contribution in [2.24, 2.45) is 0 Å². The van der Waals surface area contributed by atoms with Gasteiger partial charge in [0.2, 0.25) is 0 Å². The van der Waals surface area contributed by atoms with Crippen LogP contribution in [-0.4, -0.2) is 28.2 Å². The minimum Gasteiger partial charge on any atom is -0.387 e. The summed E-state index contributed by atoms with van der Waals surface area (Å²) in [5, 5.41) is 13.5. The van der Waals surface area contributed by atoms with Crippen LogP contribution in [0.3, 0.4) is 0 Å². The fraction of sp³-hybridized carbons (Fsp3) is 0.238. The highest BCUT2D eigenvalue weighted by atomic mass is 19.1. The Bertz CT molecular complexity index is 919. The molecule has 0 spiro atoms. The Morgan fingerprint density at radius 2 is 1.96 bits per heavy atom. The van der Waals surface area contributed by atoms with E-state index in [-0.39, 0.29) is 5.82 Å². The molecule has 1 aromatic heterocycles. The van der Waals surface area contributed by atoms with Crippen molar-refractivity contribution in [2.75, 3.05) is 23.3 Å². The lowest BCUT2D eigenvalue weighted by Gasteiger charge is -2.30. The zero-order valence-corrected chi connectivity index (χ0v) is 14.8. The number of aryl methyl sites for hydroxylation is 1. The molecule has 2 aromatic carbocycles. The zero-order chi connectivity index (χ0) is 18.6. The molecule has 2 N–H and O–H groups in total. The molecule has 0 fully saturated rings. The molecule has 1 aliphatic rings. The largest absolute Gasteiger partial charge is 0.387 e. The van der Waals surface area contributed by atoms with Crippen molar-refractivity contribution in [3.8, 4) is 0 Å². The van der Waals surface area contributed by atoms with Crippen LogP contribution in [-0.2, 0) is 6.42 Å². The van der Waals surface area contributed by atoms with Crippen LogP contribution in [0.1, 0.15) is 23.7 Å². The second-order valence-corrected chi connectivity index (χ2v) is 6.60. The summed E-state index contributed by atoms with van der Waals surface area (Å²) in [5.41, 5.74) is 2.83. The molecule has 5 nitrogen and oxygen atoms in total. The number of aliphatic hydroxyl groups is 1. The first-order valence-electron chi connectivity index (χ1n) is 9.05. The molecule has 3 aromatic rings. The van der Waals surface area contributed by atoms with Gasteiger partial charge in [-0.1, -0.05) is 30.3 Å². The van der Waals surface area contributed by atoms with Crippen LogP contribution in [0.25, 0.3) is 0 Å². The lowest BCUT2D eigenvalue weighted by molar-refractivity contribution is 0.191. The molecule has 1 unspecified atom stereocenters. The molecule has 0 radical (unpaired) electrons. The van der Waals surface area contributed by atoms with Crippen LogP contribution in [0.4, 0.5) is 21.7 Å². The summed E-state index contributed by atoms with van der Waals surface area (Å²) in [6, 6.07) is 16.2. The molecule has 6 heteroatoms. The van der Waals surface area contributed by atoms with Crippen molar-refractivity contribution in [3.05, 3.63) is 77.9 Å². The number of halogens is 1. The zero-order valence-electron chi connectivity index (χ0n) is 14.8. The molecule has 2 heterocycles. The van der Waals surface area contributed by atoms with E-state index in [1.165, 1.54) is 12.4 Å². The number of rotatable bonds is 5. The van der Waals surface area contributed by atoms with E-state index in [0.717, 1.165) is 42.0 Å². The Balaban J connectivity index is 1.50. The van der Waals surface area contributed by atoms with Crippen molar-refractivity contribution in [2.45, 2.75) is 18.9 Å². The first-order chi connectivity index (χ1) is 13.2. The number of aromatic nitrogens is 2. The Kier molecular flexibility index (Phi) is 4.98. The topological polar surface area (TPSA) is 61.3 Å². The Hall–Kier alpha value is -2.99. The van der Waals surface area contributed by atoms with Crippen LogP contribution in [0.5, 0.6) is 0 Å². The molecule has 0 amide bonds. The van der Waals surface area contributed by atoms with Gasteiger partial charge < -0.3 is 15.3 Å². The lowest BCUT2D eigenvalue weighted by Crippen LogP contribution is -2.25. The molecule has 1 atom stereocenters. The van der Waals surface area contributed by atoms with Gasteiger partial charge in [-0.3, -0.25) is 0 Å². The van der Waals surface area contributed by atoms with Gasteiger partial charge in [-0.2, -0.15) is 0 Å². The fourth-order valence-electron chi connectivity index (χ4n) is 3.39. The van der Waals surface area contributed by atoms with Crippen molar-refractivity contribution in [1.82, 2.24) is 9.97 Å². The third-order valence-corrected chi connectivity index (χ3v) is 4.75. The summed E-state index contributed by atoms with van der Waals surface area (Å²) in [5.74, 6) is 1.19. The van der Waals surface area contributed by atoms with E-state index in [2.05, 4.69) is 20.2 Å². The van der Waals surface area contributed by atoms with Gasteiger partial charge >= 0.3 is 0 Å². The van der Waals surface area contributed by atoms with E-state index in [1.54, 1.807) is 12.1 Å². The molecule has 27 heavy (non-hydrogen) atoms. The first-order valence-corrected chi connectivity index (χ1v) is 9.05. The van der Waals surface area contributed by atoms with Crippen LogP contribution in [0, 0.1) is 5.82 Å². The summed E-state index contributed by atoms with van der Waals surface area (Å²) in [7, 11) is 0. The normalized spacial score (nSPS) is 14.5. The smallest absolute Gasteiger partial charge is 0.138 e. The lowest BCUT2D eigenvalue weighted by atomic mass is 10.0. The monoisotopic (exact) mass is 364 g/mol. The highest BCUT2D eigenvalue weighted by Gasteiger charge is 2.20. The molecule has 4 rings (SSSR count). The van der Waals surface area contributed by atoms with Crippen molar-refractivity contribution < 1.29 is 9.50 Å². The molecule has 0 saturated heterocycles. The van der Waals surface area contributed by atoms with Crippen molar-refractivity contribution >= 4 is 17.3 Å². The van der Waals surface area contributed by atoms with E-state index in [4.69, 9.17) is 0 Å². The number of hydrogen-bond donors (Lipinski definition) is 2. The van der Waals surface area contributed by atoms with Gasteiger partial charge in [-0.05, 0) is 42.2 Å². The average molecular weight is 364 g/mol. The number of fused-ring (bicyclic) bond motifs is 1. The molecule has 0 saturated carbocycles. The molecular formula is C21H21FN4O. The standard InChI is InChI=1S/C21H21FN4O/c22-17-8-9-18-16(11-17)7-4-10-26(18)21-12-20(24-14-25-21)23-13-19(27)15-5-2-1-3-6-15/h1-3,5-6,8-9,11-12,14,19,27H,4,7,10,13H2,(H,23,24,25). The van der Waals surface area contributed by atoms with E-state index in [1.807, 2.05) is 36.4 Å². The maximum atomic E-state index is 13.5. The maximum Gasteiger partial charge on any atom is 0.138 e. The average Bonchev–Trinajstić information content (AvgIpc) is 2.72. The van der Waals surface area contributed by atoms with Gasteiger partial charge in [0.05, 0.1) is 6.10 Å². The summed E-state index contributed by atoms with van der Waals surface area (Å²) < 4.78 is 13.5. The predicted octanol–water partition coefficient (Wildman–Crippen LogP) is 3.85. The minimum atomic E-state index is -0.622. The summed E-state index contributed by atoms with van der Waals surface area (Å²) in [4.78, 5) is 10.7. The number of nitrogens with one attached hydrogen (secondary N) is 1. The Morgan fingerprint density at radius 1 is 1.11 bits per heavy atom. The van der Waals surface area contributed by atoms with E-state index >= 15 is 0 Å². The van der Waals surface area contributed by atoms with Gasteiger partial charge in [0, 0.05) is 24.8 Å². The van der Waals surface area contributed by atoms with Gasteiger partial charge in [-0.25, -0.2) is 14.4 Å². The Labute approximate surface area is 157 Å². The summed E-state index contributed by atoms with van der Waals surface area (Å²) >= 11 is 0. The second-order valence-electron chi connectivity index (χ2n) is 6.60. The number of aliphatic hydroxyl groups excluding tert-OH is 1. The summed E-state index contributed by atoms with van der Waals surface area (Å²) in [6.07, 6.45) is 2.69.